The van der Waals surface area contributed by atoms with E-state index in [-0.39, 0.29) is 0 Å². The molecule has 1 N–H and O–H groups in total. The van der Waals surface area contributed by atoms with Gasteiger partial charge in [0.25, 0.3) is 0 Å². The standard InChI is InChI=1S/C7H14N2O3S/c1-4-13(11)5-6(2)9-12-7(10)8-3/h4-5H2,1-3H3,(H,8,10). The molecule has 1 amide bonds. The van der Waals surface area contributed by atoms with Crippen molar-refractivity contribution in [1.29, 1.82) is 0 Å². The van der Waals surface area contributed by atoms with E-state index in [0.717, 1.165) is 0 Å². The van der Waals surface area contributed by atoms with Crippen LogP contribution >= 0.6 is 0 Å². The predicted octanol–water partition coefficient (Wildman–Crippen LogP) is 0.487. The van der Waals surface area contributed by atoms with Gasteiger partial charge in [-0.1, -0.05) is 12.1 Å². The second-order valence-corrected chi connectivity index (χ2v) is 4.07. The topological polar surface area (TPSA) is 67.8 Å². The fourth-order valence-electron chi connectivity index (χ4n) is 0.526. The van der Waals surface area contributed by atoms with E-state index < -0.39 is 16.9 Å². The Kier molecular flexibility index (Phi) is 6.13. The zero-order chi connectivity index (χ0) is 10.3. The molecule has 0 saturated heterocycles. The van der Waals surface area contributed by atoms with Crippen LogP contribution in [0.5, 0.6) is 0 Å². The number of nitrogens with zero attached hydrogens (tertiary/aromatic N) is 1. The summed E-state index contributed by atoms with van der Waals surface area (Å²) in [5.74, 6) is 0.917. The highest BCUT2D eigenvalue weighted by Crippen LogP contribution is 1.87. The molecule has 0 aromatic heterocycles. The molecule has 0 fully saturated rings. The third-order valence-electron chi connectivity index (χ3n) is 1.18. The molecule has 13 heavy (non-hydrogen) atoms. The lowest BCUT2D eigenvalue weighted by atomic mass is 10.5. The highest BCUT2D eigenvalue weighted by Gasteiger charge is 2.01. The Hall–Kier alpha value is -0.910. The molecule has 0 radical (unpaired) electrons. The van der Waals surface area contributed by atoms with Crippen LogP contribution in [0.1, 0.15) is 13.8 Å². The maximum absolute atomic E-state index is 11.0. The zero-order valence-electron chi connectivity index (χ0n) is 7.99. The van der Waals surface area contributed by atoms with Crippen LogP contribution in [0.2, 0.25) is 0 Å². The molecule has 0 bridgehead atoms. The largest absolute Gasteiger partial charge is 0.433 e. The maximum Gasteiger partial charge on any atom is 0.433 e. The summed E-state index contributed by atoms with van der Waals surface area (Å²) in [7, 11) is 0.526. The third kappa shape index (κ3) is 6.27. The molecule has 76 valence electrons. The molecule has 0 heterocycles. The first-order valence-corrected chi connectivity index (χ1v) is 5.36. The molecular formula is C7H14N2O3S. The molecule has 0 aromatic rings. The lowest BCUT2D eigenvalue weighted by molar-refractivity contribution is 0.153. The molecule has 0 spiro atoms. The van der Waals surface area contributed by atoms with E-state index in [0.29, 0.717) is 17.2 Å². The number of nitrogens with one attached hydrogen (secondary N) is 1. The molecule has 0 aliphatic rings. The van der Waals surface area contributed by atoms with E-state index in [1.165, 1.54) is 7.05 Å². The van der Waals surface area contributed by atoms with Gasteiger partial charge in [0.2, 0.25) is 0 Å². The number of hydrogen-bond donors (Lipinski definition) is 1. The number of carbonyl (C=O) groups is 1. The number of hydrogen-bond acceptors (Lipinski definition) is 4. The average Bonchev–Trinajstić information content (AvgIpc) is 2.13. The molecule has 6 heteroatoms. The van der Waals surface area contributed by atoms with Gasteiger partial charge in [0.1, 0.15) is 0 Å². The van der Waals surface area contributed by atoms with Crippen molar-refractivity contribution in [3.63, 3.8) is 0 Å². The Labute approximate surface area is 80.0 Å². The summed E-state index contributed by atoms with van der Waals surface area (Å²) in [6.07, 6.45) is -0.623. The number of rotatable bonds is 4. The molecule has 5 nitrogen and oxygen atoms in total. The average molecular weight is 206 g/mol. The second kappa shape index (κ2) is 6.59. The number of amides is 1. The molecule has 0 aromatic carbocycles. The minimum atomic E-state index is -0.916. The first-order valence-electron chi connectivity index (χ1n) is 3.87. The van der Waals surface area contributed by atoms with Gasteiger partial charge < -0.3 is 5.32 Å². The summed E-state index contributed by atoms with van der Waals surface area (Å²) in [4.78, 5) is 15.0. The highest BCUT2D eigenvalue weighted by molar-refractivity contribution is 7.85. The van der Waals surface area contributed by atoms with Gasteiger partial charge >= 0.3 is 6.09 Å². The van der Waals surface area contributed by atoms with Crippen LogP contribution in [0.3, 0.4) is 0 Å². The van der Waals surface area contributed by atoms with Crippen molar-refractivity contribution in [3.05, 3.63) is 0 Å². The van der Waals surface area contributed by atoms with Gasteiger partial charge in [-0.25, -0.2) is 4.79 Å². The SMILES string of the molecule is CCS(=O)CC(C)=NOC(=O)NC. The quantitative estimate of drug-likeness (QED) is 0.413. The highest BCUT2D eigenvalue weighted by atomic mass is 32.2. The fourth-order valence-corrected chi connectivity index (χ4v) is 1.25. The van der Waals surface area contributed by atoms with Crippen molar-refractivity contribution in [1.82, 2.24) is 5.32 Å². The molecular weight excluding hydrogens is 192 g/mol. The predicted molar refractivity (Wildman–Crippen MR) is 52.2 cm³/mol. The van der Waals surface area contributed by atoms with Gasteiger partial charge in [0.15, 0.2) is 0 Å². The van der Waals surface area contributed by atoms with Gasteiger partial charge in [-0.2, -0.15) is 0 Å². The van der Waals surface area contributed by atoms with Crippen LogP contribution in [-0.4, -0.2) is 34.6 Å². The summed E-state index contributed by atoms with van der Waals surface area (Å²) in [6, 6.07) is 0. The molecule has 0 aliphatic carbocycles. The van der Waals surface area contributed by atoms with Gasteiger partial charge in [0.05, 0.1) is 11.5 Å². The summed E-state index contributed by atoms with van der Waals surface area (Å²) in [5.41, 5.74) is 0.545. The summed E-state index contributed by atoms with van der Waals surface area (Å²) in [6.45, 7) is 3.49. The zero-order valence-corrected chi connectivity index (χ0v) is 8.81. The Morgan fingerprint density at radius 3 is 2.69 bits per heavy atom. The normalized spacial score (nSPS) is 13.6. The van der Waals surface area contributed by atoms with Crippen molar-refractivity contribution < 1.29 is 13.8 Å². The van der Waals surface area contributed by atoms with Crippen molar-refractivity contribution in [2.45, 2.75) is 13.8 Å². The lowest BCUT2D eigenvalue weighted by Crippen LogP contribution is -2.18. The molecule has 0 aliphatic heterocycles. The van der Waals surface area contributed by atoms with Gasteiger partial charge in [-0.3, -0.25) is 9.05 Å². The molecule has 1 atom stereocenters. The van der Waals surface area contributed by atoms with Crippen molar-refractivity contribution >= 4 is 22.6 Å². The van der Waals surface area contributed by atoms with Crippen LogP contribution < -0.4 is 5.32 Å². The maximum atomic E-state index is 11.0. The van der Waals surface area contributed by atoms with Crippen molar-refractivity contribution in [2.75, 3.05) is 18.6 Å². The summed E-state index contributed by atoms with van der Waals surface area (Å²) < 4.78 is 11.0. The molecule has 1 unspecified atom stereocenters. The van der Waals surface area contributed by atoms with Crippen LogP contribution in [0, 0.1) is 0 Å². The minimum Gasteiger partial charge on any atom is -0.323 e. The van der Waals surface area contributed by atoms with E-state index in [4.69, 9.17) is 0 Å². The lowest BCUT2D eigenvalue weighted by Gasteiger charge is -1.98. The summed E-state index contributed by atoms with van der Waals surface area (Å²) in [5, 5.41) is 5.74. The Morgan fingerprint density at radius 2 is 2.23 bits per heavy atom. The van der Waals surface area contributed by atoms with E-state index in [1.807, 2.05) is 6.92 Å². The van der Waals surface area contributed by atoms with Crippen molar-refractivity contribution in [3.8, 4) is 0 Å². The van der Waals surface area contributed by atoms with Crippen LogP contribution in [-0.2, 0) is 15.6 Å². The fraction of sp³-hybridized carbons (Fsp3) is 0.714. The van der Waals surface area contributed by atoms with E-state index in [2.05, 4.69) is 15.3 Å². The minimum absolute atomic E-state index is 0.341. The Morgan fingerprint density at radius 1 is 1.62 bits per heavy atom. The Balaban J connectivity index is 3.88. The van der Waals surface area contributed by atoms with E-state index in [1.54, 1.807) is 6.92 Å². The van der Waals surface area contributed by atoms with Gasteiger partial charge in [-0.05, 0) is 6.92 Å². The summed E-state index contributed by atoms with van der Waals surface area (Å²) >= 11 is 0. The van der Waals surface area contributed by atoms with Crippen LogP contribution in [0.4, 0.5) is 4.79 Å². The van der Waals surface area contributed by atoms with Crippen molar-refractivity contribution in [2.24, 2.45) is 5.16 Å². The van der Waals surface area contributed by atoms with E-state index >= 15 is 0 Å². The van der Waals surface area contributed by atoms with Crippen LogP contribution in [0.15, 0.2) is 5.16 Å². The molecule has 0 rings (SSSR count). The number of oxime groups is 1. The monoisotopic (exact) mass is 206 g/mol. The number of carbonyl (C=O) groups excluding carboxylic acids is 1. The smallest absolute Gasteiger partial charge is 0.323 e. The Bertz CT molecular complexity index is 228. The van der Waals surface area contributed by atoms with E-state index in [9.17, 15) is 9.00 Å². The van der Waals surface area contributed by atoms with Gasteiger partial charge in [0, 0.05) is 23.6 Å². The first-order chi connectivity index (χ1) is 6.10. The molecule has 0 saturated carbocycles. The first kappa shape index (κ1) is 12.1. The van der Waals surface area contributed by atoms with Crippen LogP contribution in [0.25, 0.3) is 0 Å². The van der Waals surface area contributed by atoms with Gasteiger partial charge in [-0.15, -0.1) is 0 Å². The second-order valence-electron chi connectivity index (χ2n) is 2.33. The third-order valence-corrected chi connectivity index (χ3v) is 2.56.